The molecule has 1 amide bonds. The number of carbonyl (C=O) groups excluding carboxylic acids is 1. The third-order valence-corrected chi connectivity index (χ3v) is 6.27. The predicted molar refractivity (Wildman–Crippen MR) is 96.1 cm³/mol. The quantitative estimate of drug-likeness (QED) is 0.836. The first-order valence-corrected chi connectivity index (χ1v) is 9.77. The van der Waals surface area contributed by atoms with Crippen molar-refractivity contribution in [1.82, 2.24) is 20.0 Å². The lowest BCUT2D eigenvalue weighted by Gasteiger charge is -2.49. The maximum atomic E-state index is 12.8. The molecule has 2 N–H and O–H groups in total. The minimum absolute atomic E-state index is 0.165. The van der Waals surface area contributed by atoms with E-state index < -0.39 is 5.54 Å². The second kappa shape index (κ2) is 5.77. The topological polar surface area (TPSA) is 58.4 Å². The molecule has 2 bridgehead atoms. The summed E-state index contributed by atoms with van der Waals surface area (Å²) in [7, 11) is 0. The Bertz CT molecular complexity index is 770. The highest BCUT2D eigenvalue weighted by atomic mass is 32.2. The molecule has 0 aromatic carbocycles. The van der Waals surface area contributed by atoms with E-state index in [0.717, 1.165) is 24.4 Å². The molecule has 1 saturated heterocycles. The molecule has 2 atom stereocenters. The van der Waals surface area contributed by atoms with E-state index in [1.807, 2.05) is 32.3 Å². The minimum Gasteiger partial charge on any atom is -0.344 e. The van der Waals surface area contributed by atoms with Gasteiger partial charge in [-0.25, -0.2) is 4.98 Å². The van der Waals surface area contributed by atoms with Gasteiger partial charge in [0.05, 0.1) is 17.3 Å². The zero-order valence-electron chi connectivity index (χ0n) is 14.4. The Labute approximate surface area is 146 Å². The second-order valence-electron chi connectivity index (χ2n) is 7.47. The summed E-state index contributed by atoms with van der Waals surface area (Å²) in [6.45, 7) is 6.02. The number of rotatable bonds is 4. The van der Waals surface area contributed by atoms with Crippen LogP contribution in [0.2, 0.25) is 0 Å². The van der Waals surface area contributed by atoms with E-state index in [2.05, 4.69) is 32.3 Å². The highest BCUT2D eigenvalue weighted by Crippen LogP contribution is 2.43. The van der Waals surface area contributed by atoms with E-state index in [1.54, 1.807) is 11.8 Å². The van der Waals surface area contributed by atoms with Gasteiger partial charge in [0.25, 0.3) is 0 Å². The van der Waals surface area contributed by atoms with Gasteiger partial charge in [-0.2, -0.15) is 0 Å². The van der Waals surface area contributed by atoms with Gasteiger partial charge in [0, 0.05) is 17.0 Å². The van der Waals surface area contributed by atoms with Crippen molar-refractivity contribution in [3.63, 3.8) is 0 Å². The molecule has 0 radical (unpaired) electrons. The van der Waals surface area contributed by atoms with E-state index >= 15 is 0 Å². The molecular formula is C18H24N4OS. The van der Waals surface area contributed by atoms with E-state index in [9.17, 15) is 4.79 Å². The summed E-state index contributed by atoms with van der Waals surface area (Å²) in [5, 5.41) is 6.66. The minimum atomic E-state index is -0.502. The Morgan fingerprint density at radius 2 is 2.17 bits per heavy atom. The van der Waals surface area contributed by atoms with Crippen molar-refractivity contribution < 1.29 is 4.79 Å². The molecule has 128 valence electrons. The van der Waals surface area contributed by atoms with Gasteiger partial charge >= 0.3 is 0 Å². The Balaban J connectivity index is 1.60. The first-order chi connectivity index (χ1) is 11.5. The normalized spacial score (nSPS) is 26.2. The van der Waals surface area contributed by atoms with E-state index in [1.165, 1.54) is 11.3 Å². The van der Waals surface area contributed by atoms with Crippen LogP contribution in [0.4, 0.5) is 0 Å². The highest BCUT2D eigenvalue weighted by molar-refractivity contribution is 7.98. The Morgan fingerprint density at radius 3 is 2.83 bits per heavy atom. The lowest BCUT2D eigenvalue weighted by molar-refractivity contribution is -0.138. The first kappa shape index (κ1) is 16.0. The third-order valence-electron chi connectivity index (χ3n) is 5.48. The van der Waals surface area contributed by atoms with Gasteiger partial charge in [-0.05, 0) is 63.6 Å². The molecule has 2 aromatic heterocycles. The van der Waals surface area contributed by atoms with Crippen LogP contribution in [0, 0.1) is 17.8 Å². The summed E-state index contributed by atoms with van der Waals surface area (Å²) >= 11 is 1.71. The van der Waals surface area contributed by atoms with E-state index in [4.69, 9.17) is 0 Å². The fraction of sp³-hybridized carbons (Fsp3) is 0.556. The van der Waals surface area contributed by atoms with Gasteiger partial charge in [0.1, 0.15) is 5.82 Å². The molecule has 1 aliphatic heterocycles. The number of fused-ring (bicyclic) bond motifs is 3. The molecule has 3 heterocycles. The molecule has 2 unspecified atom stereocenters. The van der Waals surface area contributed by atoms with Crippen molar-refractivity contribution in [2.24, 2.45) is 17.8 Å². The maximum Gasteiger partial charge on any atom is 0.224 e. The van der Waals surface area contributed by atoms with Crippen LogP contribution in [0.5, 0.6) is 0 Å². The number of imidazole rings is 1. The monoisotopic (exact) mass is 344 g/mol. The molecule has 6 heteroatoms. The van der Waals surface area contributed by atoms with Crippen LogP contribution in [0.3, 0.4) is 0 Å². The summed E-state index contributed by atoms with van der Waals surface area (Å²) in [4.78, 5) is 18.6. The van der Waals surface area contributed by atoms with Crippen LogP contribution < -0.4 is 10.6 Å². The number of nitrogens with zero attached hydrogens (tertiary/aromatic N) is 2. The van der Waals surface area contributed by atoms with E-state index in [-0.39, 0.29) is 11.8 Å². The van der Waals surface area contributed by atoms with Crippen LogP contribution in [-0.2, 0) is 10.3 Å². The van der Waals surface area contributed by atoms with Crippen LogP contribution in [0.15, 0.2) is 29.4 Å². The van der Waals surface area contributed by atoms with Crippen molar-refractivity contribution >= 4 is 23.2 Å². The van der Waals surface area contributed by atoms with Crippen molar-refractivity contribution in [1.29, 1.82) is 0 Å². The Kier molecular flexibility index (Phi) is 3.84. The summed E-state index contributed by atoms with van der Waals surface area (Å²) < 4.78 is 2.09. The van der Waals surface area contributed by atoms with Crippen molar-refractivity contribution in [3.05, 3.63) is 30.4 Å². The zero-order chi connectivity index (χ0) is 16.9. The number of carbonyl (C=O) groups is 1. The van der Waals surface area contributed by atoms with Gasteiger partial charge in [-0.1, -0.05) is 0 Å². The predicted octanol–water partition coefficient (Wildman–Crippen LogP) is 2.26. The SMILES string of the molecule is CSc1cccn2c(C(C)(C)NC(=O)C3C4CNCC3C4)ncc12. The van der Waals surface area contributed by atoms with E-state index in [0.29, 0.717) is 11.8 Å². The van der Waals surface area contributed by atoms with Gasteiger partial charge in [-0.3, -0.25) is 4.79 Å². The standard InChI is InChI=1S/C18H24N4OS/c1-18(2,21-16(23)15-11-7-12(15)9-19-8-11)17-20-10-13-14(24-3)5-4-6-22(13)17/h4-6,10-12,15,19H,7-9H2,1-3H3,(H,21,23). The molecule has 1 aliphatic carbocycles. The first-order valence-electron chi connectivity index (χ1n) is 8.54. The van der Waals surface area contributed by atoms with Gasteiger partial charge in [0.2, 0.25) is 5.91 Å². The number of pyridine rings is 1. The molecule has 1 saturated carbocycles. The molecule has 2 aliphatic rings. The fourth-order valence-electron chi connectivity index (χ4n) is 4.25. The molecular weight excluding hydrogens is 320 g/mol. The van der Waals surface area contributed by atoms with Crippen LogP contribution in [0.1, 0.15) is 26.1 Å². The smallest absolute Gasteiger partial charge is 0.224 e. The highest BCUT2D eigenvalue weighted by Gasteiger charge is 2.48. The average Bonchev–Trinajstić information content (AvgIpc) is 2.99. The number of piperidine rings is 2. The lowest BCUT2D eigenvalue weighted by atomic mass is 9.61. The van der Waals surface area contributed by atoms with Crippen molar-refractivity contribution in [3.8, 4) is 0 Å². The Morgan fingerprint density at radius 1 is 1.42 bits per heavy atom. The average molecular weight is 344 g/mol. The summed E-state index contributed by atoms with van der Waals surface area (Å²) in [6, 6.07) is 4.13. The van der Waals surface area contributed by atoms with Gasteiger partial charge in [0.15, 0.2) is 0 Å². The number of thioether (sulfide) groups is 1. The molecule has 0 spiro atoms. The Hall–Kier alpha value is -1.53. The number of nitrogens with one attached hydrogen (secondary N) is 2. The van der Waals surface area contributed by atoms with Crippen molar-refractivity contribution in [2.75, 3.05) is 19.3 Å². The number of hydrogen-bond acceptors (Lipinski definition) is 4. The summed E-state index contributed by atoms with van der Waals surface area (Å²) in [5.74, 6) is 2.22. The largest absolute Gasteiger partial charge is 0.344 e. The second-order valence-corrected chi connectivity index (χ2v) is 8.32. The lowest BCUT2D eigenvalue weighted by Crippen LogP contribution is -2.60. The number of aromatic nitrogens is 2. The maximum absolute atomic E-state index is 12.8. The zero-order valence-corrected chi connectivity index (χ0v) is 15.2. The molecule has 2 fully saturated rings. The summed E-state index contributed by atoms with van der Waals surface area (Å²) in [5.41, 5.74) is 0.588. The number of hydrogen-bond donors (Lipinski definition) is 2. The van der Waals surface area contributed by atoms with Crippen LogP contribution in [0.25, 0.3) is 5.52 Å². The third kappa shape index (κ3) is 2.43. The summed E-state index contributed by atoms with van der Waals surface area (Å²) in [6.07, 6.45) is 7.18. The van der Waals surface area contributed by atoms with Gasteiger partial charge in [-0.15, -0.1) is 11.8 Å². The molecule has 24 heavy (non-hydrogen) atoms. The molecule has 5 nitrogen and oxygen atoms in total. The fourth-order valence-corrected chi connectivity index (χ4v) is 4.83. The molecule has 2 aromatic rings. The number of amides is 1. The van der Waals surface area contributed by atoms with Crippen LogP contribution >= 0.6 is 11.8 Å². The molecule has 4 rings (SSSR count). The van der Waals surface area contributed by atoms with Crippen molar-refractivity contribution in [2.45, 2.75) is 30.7 Å². The van der Waals surface area contributed by atoms with Crippen LogP contribution in [-0.4, -0.2) is 34.6 Å². The van der Waals surface area contributed by atoms with Gasteiger partial charge < -0.3 is 15.0 Å².